The van der Waals surface area contributed by atoms with Crippen LogP contribution >= 0.6 is 0 Å². The number of carbonyl (C=O) groups excluding carboxylic acids is 1. The highest BCUT2D eigenvalue weighted by Gasteiger charge is 2.31. The first-order valence-corrected chi connectivity index (χ1v) is 8.51. The van der Waals surface area contributed by atoms with E-state index in [0.717, 1.165) is 51.1 Å². The normalized spacial score (nSPS) is 27.7. The molecule has 3 atom stereocenters. The zero-order chi connectivity index (χ0) is 16.2. The van der Waals surface area contributed by atoms with E-state index in [4.69, 9.17) is 4.74 Å². The number of piperidine rings is 1. The molecular weight excluding hydrogens is 294 g/mol. The van der Waals surface area contributed by atoms with Crippen LogP contribution in [0.2, 0.25) is 0 Å². The molecule has 0 spiro atoms. The third-order valence-electron chi connectivity index (χ3n) is 4.87. The number of rotatable bonds is 3. The quantitative estimate of drug-likeness (QED) is 0.882. The number of H-pyrrole nitrogens is 1. The van der Waals surface area contributed by atoms with Crippen LogP contribution in [-0.4, -0.2) is 71.5 Å². The Hall–Kier alpha value is -1.60. The van der Waals surface area contributed by atoms with Crippen LogP contribution in [0, 0.1) is 0 Å². The van der Waals surface area contributed by atoms with E-state index in [9.17, 15) is 4.79 Å². The van der Waals surface area contributed by atoms with Gasteiger partial charge >= 0.3 is 6.03 Å². The summed E-state index contributed by atoms with van der Waals surface area (Å²) in [4.78, 5) is 16.9. The molecule has 2 N–H and O–H groups in total. The van der Waals surface area contributed by atoms with Crippen molar-refractivity contribution in [1.82, 2.24) is 25.3 Å². The fourth-order valence-electron chi connectivity index (χ4n) is 3.45. The second-order valence-electron chi connectivity index (χ2n) is 6.65. The summed E-state index contributed by atoms with van der Waals surface area (Å²) < 4.78 is 5.81. The van der Waals surface area contributed by atoms with Gasteiger partial charge in [0.25, 0.3) is 0 Å². The summed E-state index contributed by atoms with van der Waals surface area (Å²) in [6, 6.07) is 0.113. The molecule has 128 valence electrons. The maximum atomic E-state index is 12.8. The Balaban J connectivity index is 1.61. The second-order valence-corrected chi connectivity index (χ2v) is 6.65. The molecule has 2 aliphatic rings. The van der Waals surface area contributed by atoms with Crippen molar-refractivity contribution in [3.8, 4) is 0 Å². The van der Waals surface area contributed by atoms with Crippen molar-refractivity contribution in [2.75, 3.05) is 33.3 Å². The van der Waals surface area contributed by atoms with E-state index in [1.54, 1.807) is 0 Å². The first-order valence-electron chi connectivity index (χ1n) is 8.51. The van der Waals surface area contributed by atoms with Crippen LogP contribution < -0.4 is 5.32 Å². The number of aromatic amines is 1. The van der Waals surface area contributed by atoms with E-state index in [2.05, 4.69) is 27.5 Å². The van der Waals surface area contributed by atoms with Crippen molar-refractivity contribution in [2.45, 2.75) is 44.4 Å². The average Bonchev–Trinajstić information content (AvgIpc) is 3.09. The molecule has 3 heterocycles. The second kappa shape index (κ2) is 7.31. The molecule has 7 heteroatoms. The minimum absolute atomic E-state index is 0.000210. The summed E-state index contributed by atoms with van der Waals surface area (Å²) in [5.74, 6) is 0. The maximum Gasteiger partial charge on any atom is 0.318 e. The van der Waals surface area contributed by atoms with Crippen LogP contribution in [0.4, 0.5) is 4.79 Å². The lowest BCUT2D eigenvalue weighted by atomic mass is 9.98. The van der Waals surface area contributed by atoms with E-state index < -0.39 is 0 Å². The monoisotopic (exact) mass is 321 g/mol. The van der Waals surface area contributed by atoms with Crippen molar-refractivity contribution in [3.63, 3.8) is 0 Å². The third-order valence-corrected chi connectivity index (χ3v) is 4.87. The topological polar surface area (TPSA) is 73.5 Å². The molecule has 2 fully saturated rings. The van der Waals surface area contributed by atoms with Crippen LogP contribution in [0.1, 0.15) is 37.8 Å². The van der Waals surface area contributed by atoms with Crippen LogP contribution in [0.15, 0.2) is 12.4 Å². The number of likely N-dealkylation sites (N-methyl/N-ethyl adjacent to an activating group) is 1. The van der Waals surface area contributed by atoms with Gasteiger partial charge in [-0.3, -0.25) is 5.10 Å². The minimum atomic E-state index is -0.00261. The standard InChI is InChI=1S/C16H27N5O2/c1-12(15-11-20(2)7-8-23-15)19-16(22)21-6-4-3-5-14(21)13-9-17-18-10-13/h9-10,12,14-15H,3-8,11H2,1-2H3,(H,17,18)(H,19,22)/t12-,14+,15-/m0/s1. The molecule has 2 amide bonds. The lowest BCUT2D eigenvalue weighted by Crippen LogP contribution is -2.54. The number of aromatic nitrogens is 2. The van der Waals surface area contributed by atoms with Crippen molar-refractivity contribution in [1.29, 1.82) is 0 Å². The van der Waals surface area contributed by atoms with Crippen LogP contribution in [0.5, 0.6) is 0 Å². The summed E-state index contributed by atoms with van der Waals surface area (Å²) in [6.07, 6.45) is 6.95. The predicted octanol–water partition coefficient (Wildman–Crippen LogP) is 1.37. The fraction of sp³-hybridized carbons (Fsp3) is 0.750. The molecule has 2 saturated heterocycles. The molecule has 7 nitrogen and oxygen atoms in total. The summed E-state index contributed by atoms with van der Waals surface area (Å²) in [5, 5.41) is 10.0. The number of nitrogens with one attached hydrogen (secondary N) is 2. The largest absolute Gasteiger partial charge is 0.373 e. The molecule has 23 heavy (non-hydrogen) atoms. The van der Waals surface area contributed by atoms with Crippen molar-refractivity contribution in [2.24, 2.45) is 0 Å². The molecule has 0 unspecified atom stereocenters. The van der Waals surface area contributed by atoms with Crippen molar-refractivity contribution in [3.05, 3.63) is 18.0 Å². The molecule has 0 aromatic carbocycles. The number of morpholine rings is 1. The van der Waals surface area contributed by atoms with Gasteiger partial charge < -0.3 is 19.9 Å². The molecule has 0 saturated carbocycles. The van der Waals surface area contributed by atoms with E-state index in [-0.39, 0.29) is 24.2 Å². The van der Waals surface area contributed by atoms with Gasteiger partial charge in [0.2, 0.25) is 0 Å². The Kier molecular flexibility index (Phi) is 5.17. The summed E-state index contributed by atoms with van der Waals surface area (Å²) in [6.45, 7) is 5.35. The number of carbonyl (C=O) groups is 1. The molecule has 3 rings (SSSR count). The Morgan fingerprint density at radius 2 is 2.35 bits per heavy atom. The number of hydrogen-bond acceptors (Lipinski definition) is 4. The summed E-state index contributed by atoms with van der Waals surface area (Å²) in [5.41, 5.74) is 1.08. The molecule has 1 aromatic rings. The van der Waals surface area contributed by atoms with Gasteiger partial charge in [-0.1, -0.05) is 0 Å². The number of nitrogens with zero attached hydrogens (tertiary/aromatic N) is 3. The Bertz CT molecular complexity index is 507. The van der Waals surface area contributed by atoms with Crippen LogP contribution in [0.25, 0.3) is 0 Å². The summed E-state index contributed by atoms with van der Waals surface area (Å²) >= 11 is 0. The third kappa shape index (κ3) is 3.84. The average molecular weight is 321 g/mol. The molecule has 1 aromatic heterocycles. The van der Waals surface area contributed by atoms with Crippen molar-refractivity contribution < 1.29 is 9.53 Å². The maximum absolute atomic E-state index is 12.8. The van der Waals surface area contributed by atoms with E-state index in [0.29, 0.717) is 0 Å². The number of amides is 2. The number of ether oxygens (including phenoxy) is 1. The lowest BCUT2D eigenvalue weighted by molar-refractivity contribution is -0.0343. The van der Waals surface area contributed by atoms with Crippen LogP contribution in [0.3, 0.4) is 0 Å². The molecular formula is C16H27N5O2. The first kappa shape index (κ1) is 16.3. The van der Waals surface area contributed by atoms with Gasteiger partial charge in [-0.15, -0.1) is 0 Å². The highest BCUT2D eigenvalue weighted by molar-refractivity contribution is 5.75. The molecule has 2 aliphatic heterocycles. The smallest absolute Gasteiger partial charge is 0.318 e. The number of likely N-dealkylation sites (tertiary alicyclic amines) is 1. The molecule has 0 bridgehead atoms. The molecule has 0 radical (unpaired) electrons. The van der Waals surface area contributed by atoms with Gasteiger partial charge in [0, 0.05) is 31.4 Å². The number of hydrogen-bond donors (Lipinski definition) is 2. The summed E-state index contributed by atoms with van der Waals surface area (Å²) in [7, 11) is 2.09. The fourth-order valence-corrected chi connectivity index (χ4v) is 3.45. The van der Waals surface area contributed by atoms with Gasteiger partial charge in [0.15, 0.2) is 0 Å². The van der Waals surface area contributed by atoms with Crippen molar-refractivity contribution >= 4 is 6.03 Å². The van der Waals surface area contributed by atoms with Gasteiger partial charge in [0.05, 0.1) is 31.0 Å². The van der Waals surface area contributed by atoms with Gasteiger partial charge in [-0.2, -0.15) is 5.10 Å². The van der Waals surface area contributed by atoms with E-state index in [1.807, 2.05) is 24.2 Å². The minimum Gasteiger partial charge on any atom is -0.373 e. The van der Waals surface area contributed by atoms with Gasteiger partial charge in [-0.25, -0.2) is 4.79 Å². The van der Waals surface area contributed by atoms with E-state index in [1.165, 1.54) is 0 Å². The van der Waals surface area contributed by atoms with Gasteiger partial charge in [0.1, 0.15) is 0 Å². The zero-order valence-corrected chi connectivity index (χ0v) is 14.0. The first-order chi connectivity index (χ1) is 11.1. The zero-order valence-electron chi connectivity index (χ0n) is 14.0. The Morgan fingerprint density at radius 1 is 1.48 bits per heavy atom. The molecule has 0 aliphatic carbocycles. The Labute approximate surface area is 137 Å². The van der Waals surface area contributed by atoms with Gasteiger partial charge in [-0.05, 0) is 33.2 Å². The predicted molar refractivity (Wildman–Crippen MR) is 87.1 cm³/mol. The number of urea groups is 1. The Morgan fingerprint density at radius 3 is 3.09 bits per heavy atom. The van der Waals surface area contributed by atoms with E-state index >= 15 is 0 Å². The highest BCUT2D eigenvalue weighted by atomic mass is 16.5. The lowest BCUT2D eigenvalue weighted by Gasteiger charge is -2.38. The SMILES string of the molecule is C[C@H](NC(=O)N1CCCC[C@@H]1c1cn[nH]c1)[C@@H]1CN(C)CCO1. The highest BCUT2D eigenvalue weighted by Crippen LogP contribution is 2.30. The van der Waals surface area contributed by atoms with Crippen LogP contribution in [-0.2, 0) is 4.74 Å².